The summed E-state index contributed by atoms with van der Waals surface area (Å²) in [5.74, 6) is -0.991. The van der Waals surface area contributed by atoms with Crippen LogP contribution in [0.2, 0.25) is 0 Å². The second-order valence-electron chi connectivity index (χ2n) is 9.33. The lowest BCUT2D eigenvalue weighted by Crippen LogP contribution is -2.49. The fourth-order valence-corrected chi connectivity index (χ4v) is 4.12. The van der Waals surface area contributed by atoms with E-state index in [4.69, 9.17) is 4.74 Å². The number of likely N-dealkylation sites (N-methyl/N-ethyl adjacent to an activating group) is 1. The van der Waals surface area contributed by atoms with Gasteiger partial charge in [-0.2, -0.15) is 0 Å². The molecule has 0 bridgehead atoms. The van der Waals surface area contributed by atoms with Gasteiger partial charge in [-0.15, -0.1) is 5.10 Å². The van der Waals surface area contributed by atoms with E-state index in [-0.39, 0.29) is 24.8 Å². The monoisotopic (exact) mass is 457 g/mol. The van der Waals surface area contributed by atoms with Crippen LogP contribution in [0.25, 0.3) is 0 Å². The first-order valence-corrected chi connectivity index (χ1v) is 10.8. The van der Waals surface area contributed by atoms with Gasteiger partial charge in [0.05, 0.1) is 24.5 Å². The number of hydrogen-bond acceptors (Lipinski definition) is 7. The van der Waals surface area contributed by atoms with Crippen LogP contribution >= 0.6 is 0 Å². The van der Waals surface area contributed by atoms with E-state index < -0.39 is 29.6 Å². The van der Waals surface area contributed by atoms with Gasteiger partial charge in [-0.1, -0.05) is 38.1 Å². The molecule has 0 aliphatic carbocycles. The van der Waals surface area contributed by atoms with Gasteiger partial charge in [-0.05, 0) is 23.1 Å². The van der Waals surface area contributed by atoms with E-state index in [2.05, 4.69) is 15.6 Å². The molecule has 2 aromatic rings. The Balaban J connectivity index is 1.82. The van der Waals surface area contributed by atoms with Gasteiger partial charge < -0.3 is 20.1 Å². The van der Waals surface area contributed by atoms with Crippen molar-refractivity contribution in [3.05, 3.63) is 47.3 Å². The molecule has 1 aliphatic heterocycles. The number of carbonyl (C=O) groups excluding carboxylic acids is 3. The van der Waals surface area contributed by atoms with E-state index in [9.17, 15) is 19.5 Å². The molecule has 0 spiro atoms. The molecule has 2 heterocycles. The quantitative estimate of drug-likeness (QED) is 0.619. The number of β-amino-alcohol motifs (C(OH)–C–C–N with tert-alkyl or cyclic N) is 1. The summed E-state index contributed by atoms with van der Waals surface area (Å²) >= 11 is 0. The number of rotatable bonds is 6. The van der Waals surface area contributed by atoms with Crippen molar-refractivity contribution >= 4 is 17.8 Å². The molecule has 10 heteroatoms. The summed E-state index contributed by atoms with van der Waals surface area (Å²) < 4.78 is 6.25. The minimum absolute atomic E-state index is 0.0948. The third-order valence-corrected chi connectivity index (χ3v) is 5.75. The van der Waals surface area contributed by atoms with Gasteiger partial charge in [0.1, 0.15) is 12.1 Å². The van der Waals surface area contributed by atoms with Crippen molar-refractivity contribution in [3.8, 4) is 0 Å². The number of aliphatic hydroxyl groups excluding tert-OH is 1. The molecule has 2 N–H and O–H groups in total. The Morgan fingerprint density at radius 2 is 1.91 bits per heavy atom. The van der Waals surface area contributed by atoms with Crippen LogP contribution in [0.1, 0.15) is 54.8 Å². The molecule has 1 aromatic carbocycles. The second-order valence-corrected chi connectivity index (χ2v) is 9.33. The van der Waals surface area contributed by atoms with Gasteiger partial charge in [0.25, 0.3) is 0 Å². The summed E-state index contributed by atoms with van der Waals surface area (Å²) in [5, 5.41) is 21.1. The predicted octanol–water partition coefficient (Wildman–Crippen LogP) is 0.950. The molecule has 2 amide bonds. The maximum Gasteiger partial charge on any atom is 0.337 e. The summed E-state index contributed by atoms with van der Waals surface area (Å²) in [5.41, 5.74) is 1.52. The van der Waals surface area contributed by atoms with Crippen LogP contribution in [0.5, 0.6) is 0 Å². The summed E-state index contributed by atoms with van der Waals surface area (Å²) in [4.78, 5) is 38.9. The van der Waals surface area contributed by atoms with Crippen molar-refractivity contribution in [2.75, 3.05) is 20.7 Å². The summed E-state index contributed by atoms with van der Waals surface area (Å²) in [7, 11) is 2.85. The lowest BCUT2D eigenvalue weighted by atomic mass is 9.85. The topological polar surface area (TPSA) is 127 Å². The number of aromatic nitrogens is 3. The zero-order valence-corrected chi connectivity index (χ0v) is 19.6. The number of aliphatic hydroxyl groups is 1. The minimum atomic E-state index is -0.754. The van der Waals surface area contributed by atoms with Crippen molar-refractivity contribution in [2.24, 2.45) is 5.41 Å². The molecule has 1 fully saturated rings. The van der Waals surface area contributed by atoms with E-state index in [1.165, 1.54) is 23.7 Å². The highest BCUT2D eigenvalue weighted by Gasteiger charge is 2.44. The molecule has 1 saturated heterocycles. The van der Waals surface area contributed by atoms with Crippen molar-refractivity contribution < 1.29 is 24.2 Å². The van der Waals surface area contributed by atoms with Gasteiger partial charge in [0, 0.05) is 32.6 Å². The molecule has 0 radical (unpaired) electrons. The maximum atomic E-state index is 13.6. The lowest BCUT2D eigenvalue weighted by molar-refractivity contribution is -0.144. The molecule has 33 heavy (non-hydrogen) atoms. The average molecular weight is 458 g/mol. The highest BCUT2D eigenvalue weighted by Crippen LogP contribution is 2.34. The summed E-state index contributed by atoms with van der Waals surface area (Å²) in [6.07, 6.45) is 1.64. The molecule has 3 atom stereocenters. The minimum Gasteiger partial charge on any atom is -0.465 e. The molecule has 0 saturated carbocycles. The predicted molar refractivity (Wildman–Crippen MR) is 119 cm³/mol. The van der Waals surface area contributed by atoms with Gasteiger partial charge in [-0.25, -0.2) is 9.48 Å². The number of carbonyl (C=O) groups is 3. The highest BCUT2D eigenvalue weighted by molar-refractivity contribution is 5.90. The zero-order valence-electron chi connectivity index (χ0n) is 19.6. The fraction of sp³-hybridized carbons (Fsp3) is 0.522. The Labute approximate surface area is 192 Å². The molecule has 1 aliphatic rings. The highest BCUT2D eigenvalue weighted by atomic mass is 16.5. The molecule has 10 nitrogen and oxygen atoms in total. The number of nitrogens with zero attached hydrogens (tertiary/aromatic N) is 4. The second kappa shape index (κ2) is 9.70. The van der Waals surface area contributed by atoms with Crippen LogP contribution in [0.15, 0.2) is 30.5 Å². The third kappa shape index (κ3) is 5.39. The molecule has 1 aromatic heterocycles. The van der Waals surface area contributed by atoms with Crippen LogP contribution in [-0.2, 0) is 20.7 Å². The van der Waals surface area contributed by atoms with Crippen molar-refractivity contribution in [1.29, 1.82) is 0 Å². The van der Waals surface area contributed by atoms with Gasteiger partial charge in [-0.3, -0.25) is 9.59 Å². The Hall–Kier alpha value is -3.27. The fourth-order valence-electron chi connectivity index (χ4n) is 4.12. The first-order valence-electron chi connectivity index (χ1n) is 10.8. The van der Waals surface area contributed by atoms with E-state index in [0.29, 0.717) is 17.7 Å². The Morgan fingerprint density at radius 1 is 1.24 bits per heavy atom. The summed E-state index contributed by atoms with van der Waals surface area (Å²) in [6, 6.07) is 5.57. The Morgan fingerprint density at radius 3 is 2.48 bits per heavy atom. The van der Waals surface area contributed by atoms with Crippen molar-refractivity contribution in [2.45, 2.75) is 51.8 Å². The number of methoxy groups -OCH3 is 1. The van der Waals surface area contributed by atoms with Crippen molar-refractivity contribution in [1.82, 2.24) is 25.2 Å². The van der Waals surface area contributed by atoms with Crippen LogP contribution in [-0.4, -0.2) is 75.6 Å². The number of nitrogens with one attached hydrogen (secondary N) is 1. The van der Waals surface area contributed by atoms with Gasteiger partial charge in [0.2, 0.25) is 11.8 Å². The van der Waals surface area contributed by atoms with E-state index in [0.717, 1.165) is 5.56 Å². The van der Waals surface area contributed by atoms with Crippen LogP contribution in [0.3, 0.4) is 0 Å². The maximum absolute atomic E-state index is 13.6. The smallest absolute Gasteiger partial charge is 0.337 e. The number of amides is 2. The molecular formula is C23H31N5O5. The average Bonchev–Trinajstić information content (AvgIpc) is 3.38. The normalized spacial score (nSPS) is 19.3. The van der Waals surface area contributed by atoms with E-state index >= 15 is 0 Å². The summed E-state index contributed by atoms with van der Waals surface area (Å²) in [6.45, 7) is 5.86. The van der Waals surface area contributed by atoms with Gasteiger partial charge >= 0.3 is 5.97 Å². The van der Waals surface area contributed by atoms with Crippen LogP contribution in [0.4, 0.5) is 0 Å². The first-order chi connectivity index (χ1) is 15.5. The van der Waals surface area contributed by atoms with E-state index in [1.54, 1.807) is 18.3 Å². The lowest BCUT2D eigenvalue weighted by Gasteiger charge is -2.34. The number of likely N-dealkylation sites (tertiary alicyclic amines) is 1. The van der Waals surface area contributed by atoms with Crippen LogP contribution < -0.4 is 5.32 Å². The first kappa shape index (κ1) is 24.4. The van der Waals surface area contributed by atoms with Gasteiger partial charge in [0.15, 0.2) is 0 Å². The number of benzene rings is 1. The number of hydrogen-bond donors (Lipinski definition) is 2. The number of esters is 1. The van der Waals surface area contributed by atoms with Crippen molar-refractivity contribution in [3.63, 3.8) is 0 Å². The largest absolute Gasteiger partial charge is 0.465 e. The SMILES string of the molecule is CNC(=O)[C@@H]1C[C@@H](O)CN1C(=O)[C@@H](n1cc(Cc2ccc(C(=O)OC)cc2)nn1)C(C)(C)C. The Kier molecular flexibility index (Phi) is 7.16. The standard InChI is InChI=1S/C23H31N5O5/c1-23(2,3)19(21(31)27-13-17(29)11-18(27)20(30)24-4)28-12-16(25-26-28)10-14-6-8-15(9-7-14)22(32)33-5/h6-9,12,17-19,29H,10-11,13H2,1-5H3,(H,24,30)/t17-,18+,19-/m1/s1. The third-order valence-electron chi connectivity index (χ3n) is 5.75. The molecular weight excluding hydrogens is 426 g/mol. The zero-order chi connectivity index (χ0) is 24.3. The van der Waals surface area contributed by atoms with Crippen LogP contribution in [0, 0.1) is 5.41 Å². The molecule has 3 rings (SSSR count). The Bertz CT molecular complexity index is 1010. The number of ether oxygens (including phenoxy) is 1. The molecule has 178 valence electrons. The molecule has 0 unspecified atom stereocenters. The van der Waals surface area contributed by atoms with E-state index in [1.807, 2.05) is 32.9 Å².